The van der Waals surface area contributed by atoms with E-state index in [4.69, 9.17) is 16.6 Å². The summed E-state index contributed by atoms with van der Waals surface area (Å²) in [6.45, 7) is 0. The highest BCUT2D eigenvalue weighted by molar-refractivity contribution is 5.85. The van der Waals surface area contributed by atoms with Gasteiger partial charge < -0.3 is 16.6 Å². The first kappa shape index (κ1) is 11.2. The third kappa shape index (κ3) is 3.78. The number of nitrogens with two attached hydrogens (primary N) is 2. The van der Waals surface area contributed by atoms with Gasteiger partial charge in [0.25, 0.3) is 0 Å². The molecule has 0 radical (unpaired) electrons. The Kier molecular flexibility index (Phi) is 3.82. The third-order valence-electron chi connectivity index (χ3n) is 1.79. The Labute approximate surface area is 87.4 Å². The Hall–Kier alpha value is -1.88. The summed E-state index contributed by atoms with van der Waals surface area (Å²) in [5.41, 5.74) is 11.7. The lowest BCUT2D eigenvalue weighted by molar-refractivity contribution is -0.138. The van der Waals surface area contributed by atoms with E-state index in [-0.39, 0.29) is 5.84 Å². The van der Waals surface area contributed by atoms with Crippen LogP contribution in [0.25, 0.3) is 0 Å². The number of aliphatic imine (C=N–C) groups is 1. The Morgan fingerprint density at radius 2 is 2.00 bits per heavy atom. The van der Waals surface area contributed by atoms with E-state index in [0.717, 1.165) is 5.56 Å². The standard InChI is InChI=1S/C10H13N3O2/c11-8(13-9(12)10(14)15)6-7-4-2-1-3-5-7/h1-5,9H,6,12H2,(H2,11,13)(H,14,15)/t9-/m0/s1. The number of benzene rings is 1. The van der Waals surface area contributed by atoms with Crippen LogP contribution < -0.4 is 11.5 Å². The lowest BCUT2D eigenvalue weighted by atomic mass is 10.1. The molecule has 0 bridgehead atoms. The zero-order valence-corrected chi connectivity index (χ0v) is 8.13. The highest BCUT2D eigenvalue weighted by Crippen LogP contribution is 1.99. The topological polar surface area (TPSA) is 102 Å². The highest BCUT2D eigenvalue weighted by atomic mass is 16.4. The summed E-state index contributed by atoms with van der Waals surface area (Å²) in [6.07, 6.45) is -0.879. The average molecular weight is 207 g/mol. The number of carboxylic acids is 1. The van der Waals surface area contributed by atoms with E-state index in [9.17, 15) is 4.79 Å². The maximum Gasteiger partial charge on any atom is 0.343 e. The summed E-state index contributed by atoms with van der Waals surface area (Å²) in [5.74, 6) is -0.970. The van der Waals surface area contributed by atoms with Gasteiger partial charge in [-0.1, -0.05) is 30.3 Å². The maximum absolute atomic E-state index is 10.4. The van der Waals surface area contributed by atoms with E-state index in [2.05, 4.69) is 4.99 Å². The molecule has 1 rings (SSSR count). The van der Waals surface area contributed by atoms with Crippen LogP contribution in [0.15, 0.2) is 35.3 Å². The summed E-state index contributed by atoms with van der Waals surface area (Å²) in [6, 6.07) is 9.41. The van der Waals surface area contributed by atoms with Gasteiger partial charge in [0, 0.05) is 6.42 Å². The van der Waals surface area contributed by atoms with Crippen LogP contribution in [0.3, 0.4) is 0 Å². The molecular formula is C10H13N3O2. The quantitative estimate of drug-likeness (QED) is 0.476. The van der Waals surface area contributed by atoms with Crippen molar-refractivity contribution in [2.24, 2.45) is 16.5 Å². The van der Waals surface area contributed by atoms with Crippen molar-refractivity contribution >= 4 is 11.8 Å². The smallest absolute Gasteiger partial charge is 0.343 e. The summed E-state index contributed by atoms with van der Waals surface area (Å²) in [4.78, 5) is 14.0. The van der Waals surface area contributed by atoms with Gasteiger partial charge in [-0.15, -0.1) is 0 Å². The van der Waals surface area contributed by atoms with Crippen LogP contribution in [-0.2, 0) is 11.2 Å². The molecule has 0 aliphatic heterocycles. The van der Waals surface area contributed by atoms with E-state index >= 15 is 0 Å². The molecule has 0 saturated carbocycles. The van der Waals surface area contributed by atoms with Crippen LogP contribution in [0.2, 0.25) is 0 Å². The monoisotopic (exact) mass is 207 g/mol. The van der Waals surface area contributed by atoms with Crippen LogP contribution in [-0.4, -0.2) is 23.1 Å². The summed E-state index contributed by atoms with van der Waals surface area (Å²) in [7, 11) is 0. The Morgan fingerprint density at radius 1 is 1.40 bits per heavy atom. The zero-order valence-electron chi connectivity index (χ0n) is 8.13. The van der Waals surface area contributed by atoms with Gasteiger partial charge in [-0.05, 0) is 5.56 Å². The molecule has 0 unspecified atom stereocenters. The Bertz CT molecular complexity index is 362. The first-order valence-electron chi connectivity index (χ1n) is 4.44. The number of carboxylic acid groups (broad SMARTS) is 1. The molecule has 1 aromatic rings. The van der Waals surface area contributed by atoms with E-state index in [1.165, 1.54) is 0 Å². The fourth-order valence-electron chi connectivity index (χ4n) is 1.08. The number of nitrogens with zero attached hydrogens (tertiary/aromatic N) is 1. The molecule has 0 heterocycles. The van der Waals surface area contributed by atoms with Gasteiger partial charge in [0.05, 0.1) is 0 Å². The fourth-order valence-corrected chi connectivity index (χ4v) is 1.08. The Morgan fingerprint density at radius 3 is 2.53 bits per heavy atom. The minimum Gasteiger partial charge on any atom is -0.479 e. The van der Waals surface area contributed by atoms with Gasteiger partial charge in [0.1, 0.15) is 5.84 Å². The van der Waals surface area contributed by atoms with Gasteiger partial charge in [0.15, 0.2) is 6.17 Å². The zero-order chi connectivity index (χ0) is 11.3. The fraction of sp³-hybridized carbons (Fsp3) is 0.200. The van der Waals surface area contributed by atoms with Crippen LogP contribution in [0, 0.1) is 0 Å². The number of hydrogen-bond donors (Lipinski definition) is 3. The number of rotatable bonds is 4. The average Bonchev–Trinajstić information content (AvgIpc) is 2.18. The van der Waals surface area contributed by atoms with Crippen molar-refractivity contribution in [2.75, 3.05) is 0 Å². The van der Waals surface area contributed by atoms with Crippen LogP contribution in [0.5, 0.6) is 0 Å². The molecule has 0 fully saturated rings. The van der Waals surface area contributed by atoms with Crippen LogP contribution in [0.1, 0.15) is 5.56 Å². The van der Waals surface area contributed by atoms with Crippen LogP contribution >= 0.6 is 0 Å². The first-order chi connectivity index (χ1) is 7.09. The van der Waals surface area contributed by atoms with Crippen molar-refractivity contribution in [3.63, 3.8) is 0 Å². The first-order valence-corrected chi connectivity index (χ1v) is 4.44. The molecule has 0 amide bonds. The molecule has 1 atom stereocenters. The summed E-state index contributed by atoms with van der Waals surface area (Å²) in [5, 5.41) is 8.51. The molecule has 0 saturated heterocycles. The van der Waals surface area contributed by atoms with Crippen molar-refractivity contribution in [1.29, 1.82) is 0 Å². The number of aliphatic carboxylic acids is 1. The van der Waals surface area contributed by atoms with E-state index < -0.39 is 12.1 Å². The minimum atomic E-state index is -1.28. The molecule has 80 valence electrons. The molecule has 0 aromatic heterocycles. The third-order valence-corrected chi connectivity index (χ3v) is 1.79. The Balaban J connectivity index is 2.63. The van der Waals surface area contributed by atoms with Gasteiger partial charge in [0.2, 0.25) is 0 Å². The maximum atomic E-state index is 10.4. The summed E-state index contributed by atoms with van der Waals surface area (Å²) >= 11 is 0. The van der Waals surface area contributed by atoms with Crippen molar-refractivity contribution in [3.8, 4) is 0 Å². The minimum absolute atomic E-state index is 0.219. The van der Waals surface area contributed by atoms with Gasteiger partial charge in [-0.2, -0.15) is 0 Å². The molecule has 1 aromatic carbocycles. The number of amidine groups is 1. The number of hydrogen-bond acceptors (Lipinski definition) is 3. The largest absolute Gasteiger partial charge is 0.479 e. The SMILES string of the molecule is NC(Cc1ccccc1)=N[C@H](N)C(=O)O. The molecule has 0 aliphatic rings. The summed E-state index contributed by atoms with van der Waals surface area (Å²) < 4.78 is 0. The molecular weight excluding hydrogens is 194 g/mol. The molecule has 0 spiro atoms. The van der Waals surface area contributed by atoms with Crippen LogP contribution in [0.4, 0.5) is 0 Å². The van der Waals surface area contributed by atoms with E-state index in [1.807, 2.05) is 30.3 Å². The van der Waals surface area contributed by atoms with Crippen molar-refractivity contribution < 1.29 is 9.90 Å². The molecule has 0 aliphatic carbocycles. The lowest BCUT2D eigenvalue weighted by Crippen LogP contribution is -2.31. The van der Waals surface area contributed by atoms with Gasteiger partial charge in [-0.3, -0.25) is 0 Å². The van der Waals surface area contributed by atoms with Gasteiger partial charge in [-0.25, -0.2) is 9.79 Å². The van der Waals surface area contributed by atoms with Crippen molar-refractivity contribution in [2.45, 2.75) is 12.6 Å². The van der Waals surface area contributed by atoms with Crippen molar-refractivity contribution in [1.82, 2.24) is 0 Å². The predicted molar refractivity (Wildman–Crippen MR) is 57.4 cm³/mol. The van der Waals surface area contributed by atoms with Gasteiger partial charge >= 0.3 is 5.97 Å². The van der Waals surface area contributed by atoms with E-state index in [0.29, 0.717) is 6.42 Å². The number of carbonyl (C=O) groups is 1. The normalized spacial score (nSPS) is 13.5. The molecule has 5 N–H and O–H groups in total. The second kappa shape index (κ2) is 5.11. The highest BCUT2D eigenvalue weighted by Gasteiger charge is 2.09. The molecule has 5 nitrogen and oxygen atoms in total. The lowest BCUT2D eigenvalue weighted by Gasteiger charge is -2.03. The predicted octanol–water partition coefficient (Wildman–Crippen LogP) is -0.0443. The molecule has 15 heavy (non-hydrogen) atoms. The molecule has 5 heteroatoms. The second-order valence-corrected chi connectivity index (χ2v) is 3.07. The van der Waals surface area contributed by atoms with Crippen molar-refractivity contribution in [3.05, 3.63) is 35.9 Å². The van der Waals surface area contributed by atoms with E-state index in [1.54, 1.807) is 0 Å². The second-order valence-electron chi connectivity index (χ2n) is 3.07.